The van der Waals surface area contributed by atoms with Crippen molar-refractivity contribution < 1.29 is 9.90 Å². The first-order chi connectivity index (χ1) is 6.18. The first-order valence-corrected chi connectivity index (χ1v) is 4.63. The number of aromatic nitrogens is 1. The molecule has 13 heavy (non-hydrogen) atoms. The van der Waals surface area contributed by atoms with Crippen molar-refractivity contribution in [2.75, 3.05) is 0 Å². The Morgan fingerprint density at radius 1 is 1.69 bits per heavy atom. The van der Waals surface area contributed by atoms with Crippen LogP contribution in [-0.4, -0.2) is 16.1 Å². The van der Waals surface area contributed by atoms with Gasteiger partial charge in [0.25, 0.3) is 0 Å². The molecule has 2 aliphatic carbocycles. The molecule has 68 valence electrons. The summed E-state index contributed by atoms with van der Waals surface area (Å²) < 4.78 is 0. The van der Waals surface area contributed by atoms with Gasteiger partial charge in [0.1, 0.15) is 5.69 Å². The van der Waals surface area contributed by atoms with E-state index in [9.17, 15) is 4.79 Å². The molecule has 0 aliphatic heterocycles. The molecular weight excluding hydrogens is 166 g/mol. The zero-order valence-electron chi connectivity index (χ0n) is 7.37. The molecule has 3 atom stereocenters. The number of H-pyrrole nitrogens is 1. The summed E-state index contributed by atoms with van der Waals surface area (Å²) in [7, 11) is 0. The Morgan fingerprint density at radius 2 is 2.46 bits per heavy atom. The normalized spacial score (nSPS) is 34.1. The maximum atomic E-state index is 10.7. The first kappa shape index (κ1) is 7.18. The largest absolute Gasteiger partial charge is 0.477 e. The Morgan fingerprint density at radius 3 is 3.15 bits per heavy atom. The maximum Gasteiger partial charge on any atom is 0.352 e. The molecule has 3 nitrogen and oxygen atoms in total. The Bertz CT molecular complexity index is 394. The van der Waals surface area contributed by atoms with Gasteiger partial charge >= 0.3 is 5.97 Å². The van der Waals surface area contributed by atoms with Crippen molar-refractivity contribution in [1.82, 2.24) is 4.98 Å². The summed E-state index contributed by atoms with van der Waals surface area (Å²) >= 11 is 0. The number of hydrogen-bond acceptors (Lipinski definition) is 1. The second kappa shape index (κ2) is 1.97. The predicted molar refractivity (Wildman–Crippen MR) is 46.9 cm³/mol. The van der Waals surface area contributed by atoms with Gasteiger partial charge < -0.3 is 10.1 Å². The van der Waals surface area contributed by atoms with E-state index in [1.807, 2.05) is 6.07 Å². The van der Waals surface area contributed by atoms with E-state index in [4.69, 9.17) is 5.11 Å². The molecule has 2 aliphatic rings. The molecule has 3 rings (SSSR count). The van der Waals surface area contributed by atoms with E-state index in [2.05, 4.69) is 11.9 Å². The van der Waals surface area contributed by atoms with Gasteiger partial charge in [0.2, 0.25) is 0 Å². The van der Waals surface area contributed by atoms with Crippen molar-refractivity contribution in [2.45, 2.75) is 19.3 Å². The fourth-order valence-corrected chi connectivity index (χ4v) is 2.70. The molecule has 0 bridgehead atoms. The molecule has 2 unspecified atom stereocenters. The van der Waals surface area contributed by atoms with Crippen LogP contribution >= 0.6 is 0 Å². The minimum absolute atomic E-state index is 0.350. The highest BCUT2D eigenvalue weighted by atomic mass is 16.4. The number of fused-ring (bicyclic) bond motifs is 3. The molecule has 0 spiro atoms. The fourth-order valence-electron chi connectivity index (χ4n) is 2.70. The second-order valence-corrected chi connectivity index (χ2v) is 4.17. The van der Waals surface area contributed by atoms with Gasteiger partial charge in [-0.1, -0.05) is 6.92 Å². The summed E-state index contributed by atoms with van der Waals surface area (Å²) in [5.41, 5.74) is 2.77. The van der Waals surface area contributed by atoms with E-state index in [0.717, 1.165) is 24.0 Å². The summed E-state index contributed by atoms with van der Waals surface area (Å²) in [5.74, 6) is 1.37. The van der Waals surface area contributed by atoms with Crippen molar-refractivity contribution in [3.05, 3.63) is 23.0 Å². The van der Waals surface area contributed by atoms with E-state index in [1.54, 1.807) is 0 Å². The molecule has 1 saturated carbocycles. The first-order valence-electron chi connectivity index (χ1n) is 4.63. The average Bonchev–Trinajstić information content (AvgIpc) is 2.49. The van der Waals surface area contributed by atoms with Crippen LogP contribution in [0.15, 0.2) is 6.07 Å². The van der Waals surface area contributed by atoms with Gasteiger partial charge in [-0.3, -0.25) is 0 Å². The molecule has 2 N–H and O–H groups in total. The number of nitrogens with one attached hydrogen (secondary N) is 1. The fraction of sp³-hybridized carbons (Fsp3) is 0.500. The molecule has 0 aromatic carbocycles. The number of carboxylic acids is 1. The molecule has 0 saturated heterocycles. The smallest absolute Gasteiger partial charge is 0.352 e. The Hall–Kier alpha value is -1.25. The van der Waals surface area contributed by atoms with Crippen LogP contribution in [0, 0.1) is 11.8 Å². The molecular formula is C10H11NO2. The second-order valence-electron chi connectivity index (χ2n) is 4.17. The van der Waals surface area contributed by atoms with E-state index in [0.29, 0.717) is 11.6 Å². The average molecular weight is 177 g/mol. The monoisotopic (exact) mass is 177 g/mol. The number of carboxylic acid groups (broad SMARTS) is 1. The Labute approximate surface area is 75.8 Å². The number of aromatic amines is 1. The van der Waals surface area contributed by atoms with Gasteiger partial charge in [-0.05, 0) is 35.8 Å². The Balaban J connectivity index is 2.03. The molecule has 0 amide bonds. The van der Waals surface area contributed by atoms with Crippen molar-refractivity contribution >= 4 is 5.97 Å². The summed E-state index contributed by atoms with van der Waals surface area (Å²) in [6.07, 6.45) is 1.05. The lowest BCUT2D eigenvalue weighted by Crippen LogP contribution is -1.97. The minimum Gasteiger partial charge on any atom is -0.477 e. The van der Waals surface area contributed by atoms with Crippen LogP contribution in [0.3, 0.4) is 0 Å². The number of aromatic carboxylic acids is 1. The van der Waals surface area contributed by atoms with Gasteiger partial charge in [0, 0.05) is 5.69 Å². The third-order valence-corrected chi connectivity index (χ3v) is 3.53. The van der Waals surface area contributed by atoms with Gasteiger partial charge in [-0.15, -0.1) is 0 Å². The zero-order valence-corrected chi connectivity index (χ0v) is 7.37. The van der Waals surface area contributed by atoms with Crippen LogP contribution in [0.1, 0.15) is 34.6 Å². The van der Waals surface area contributed by atoms with Gasteiger partial charge in [0.15, 0.2) is 0 Å². The number of hydrogen-bond donors (Lipinski definition) is 2. The molecule has 3 heteroatoms. The SMILES string of the molecule is C[C@H]1C2Cc3[nH]c(C(=O)O)cc3C21. The van der Waals surface area contributed by atoms with Crippen LogP contribution < -0.4 is 0 Å². The molecule has 1 heterocycles. The van der Waals surface area contributed by atoms with Crippen LogP contribution in [0.4, 0.5) is 0 Å². The van der Waals surface area contributed by atoms with Crippen LogP contribution in [0.5, 0.6) is 0 Å². The van der Waals surface area contributed by atoms with Crippen molar-refractivity contribution in [3.8, 4) is 0 Å². The highest BCUT2D eigenvalue weighted by Crippen LogP contribution is 2.61. The summed E-state index contributed by atoms with van der Waals surface area (Å²) in [5, 5.41) is 8.78. The summed E-state index contributed by atoms with van der Waals surface area (Å²) in [4.78, 5) is 13.7. The topological polar surface area (TPSA) is 53.1 Å². The highest BCUT2D eigenvalue weighted by molar-refractivity contribution is 5.86. The van der Waals surface area contributed by atoms with Gasteiger partial charge in [-0.25, -0.2) is 4.79 Å². The minimum atomic E-state index is -0.848. The Kier molecular flexibility index (Phi) is 1.09. The van der Waals surface area contributed by atoms with Crippen LogP contribution in [0.2, 0.25) is 0 Å². The molecule has 1 aromatic heterocycles. The zero-order chi connectivity index (χ0) is 9.16. The lowest BCUT2D eigenvalue weighted by molar-refractivity contribution is 0.0691. The van der Waals surface area contributed by atoms with Crippen molar-refractivity contribution in [3.63, 3.8) is 0 Å². The lowest BCUT2D eigenvalue weighted by atomic mass is 10.1. The van der Waals surface area contributed by atoms with E-state index in [-0.39, 0.29) is 0 Å². The third kappa shape index (κ3) is 0.767. The third-order valence-electron chi connectivity index (χ3n) is 3.53. The van der Waals surface area contributed by atoms with Crippen molar-refractivity contribution in [1.29, 1.82) is 0 Å². The predicted octanol–water partition coefficient (Wildman–Crippen LogP) is 1.62. The van der Waals surface area contributed by atoms with Crippen LogP contribution in [-0.2, 0) is 6.42 Å². The number of rotatable bonds is 1. The van der Waals surface area contributed by atoms with Crippen molar-refractivity contribution in [2.24, 2.45) is 11.8 Å². The van der Waals surface area contributed by atoms with E-state index >= 15 is 0 Å². The van der Waals surface area contributed by atoms with E-state index in [1.165, 1.54) is 5.56 Å². The highest BCUT2D eigenvalue weighted by Gasteiger charge is 2.53. The van der Waals surface area contributed by atoms with Gasteiger partial charge in [0.05, 0.1) is 0 Å². The molecule has 1 aromatic rings. The molecule has 0 radical (unpaired) electrons. The van der Waals surface area contributed by atoms with Crippen LogP contribution in [0.25, 0.3) is 0 Å². The lowest BCUT2D eigenvalue weighted by Gasteiger charge is -1.95. The molecule has 1 fully saturated rings. The quantitative estimate of drug-likeness (QED) is 0.684. The summed E-state index contributed by atoms with van der Waals surface area (Å²) in [6.45, 7) is 2.24. The maximum absolute atomic E-state index is 10.7. The summed E-state index contributed by atoms with van der Waals surface area (Å²) in [6, 6.07) is 1.81. The standard InChI is InChI=1S/C10H11NO2/c1-4-5-2-7-6(9(4)5)3-8(11-7)10(12)13/h3-5,9,11H,2H2,1H3,(H,12,13)/t4-,5?,9?/m0/s1. The van der Waals surface area contributed by atoms with E-state index < -0.39 is 5.97 Å². The van der Waals surface area contributed by atoms with Gasteiger partial charge in [-0.2, -0.15) is 0 Å². The number of carbonyl (C=O) groups is 1.